The molecule has 3 rings (SSSR count). The summed E-state index contributed by atoms with van der Waals surface area (Å²) in [6, 6.07) is 8.05. The number of piperazine rings is 1. The van der Waals surface area contributed by atoms with E-state index < -0.39 is 0 Å². The highest BCUT2D eigenvalue weighted by Crippen LogP contribution is 2.24. The van der Waals surface area contributed by atoms with E-state index >= 15 is 0 Å². The fourth-order valence-electron chi connectivity index (χ4n) is 2.71. The Morgan fingerprint density at radius 1 is 1.19 bits per heavy atom. The molecule has 0 amide bonds. The van der Waals surface area contributed by atoms with Crippen molar-refractivity contribution in [3.63, 3.8) is 0 Å². The zero-order chi connectivity index (χ0) is 14.7. The lowest BCUT2D eigenvalue weighted by atomic mass is 10.1. The van der Waals surface area contributed by atoms with Gasteiger partial charge in [0.2, 0.25) is 0 Å². The summed E-state index contributed by atoms with van der Waals surface area (Å²) in [4.78, 5) is 10.6. The molecule has 0 unspecified atom stereocenters. The topological polar surface area (TPSA) is 53.2 Å². The average Bonchev–Trinajstić information content (AvgIpc) is 2.89. The van der Waals surface area contributed by atoms with Gasteiger partial charge in [0.15, 0.2) is 0 Å². The Balaban J connectivity index is 1.76. The second-order valence-electron chi connectivity index (χ2n) is 5.41. The highest BCUT2D eigenvalue weighted by molar-refractivity contribution is 5.62. The first-order valence-electron chi connectivity index (χ1n) is 7.39. The molecular formula is C16H22N4O. The Morgan fingerprint density at radius 3 is 2.57 bits per heavy atom. The zero-order valence-electron chi connectivity index (χ0n) is 12.6. The van der Waals surface area contributed by atoms with Crippen molar-refractivity contribution < 1.29 is 4.74 Å². The molecule has 1 fully saturated rings. The Bertz CT molecular complexity index is 585. The summed E-state index contributed by atoms with van der Waals surface area (Å²) in [7, 11) is 1.68. The third-order valence-corrected chi connectivity index (χ3v) is 3.88. The third kappa shape index (κ3) is 3.25. The molecule has 0 saturated carbocycles. The van der Waals surface area contributed by atoms with Crippen LogP contribution in [0.25, 0.3) is 11.3 Å². The summed E-state index contributed by atoms with van der Waals surface area (Å²) in [5.41, 5.74) is 3.27. The Kier molecular flexibility index (Phi) is 4.22. The van der Waals surface area contributed by atoms with Crippen LogP contribution in [0, 0.1) is 6.92 Å². The molecule has 1 aromatic carbocycles. The molecule has 1 aromatic heterocycles. The van der Waals surface area contributed by atoms with Gasteiger partial charge in [0.05, 0.1) is 19.3 Å². The summed E-state index contributed by atoms with van der Waals surface area (Å²) >= 11 is 0. The number of H-pyrrole nitrogens is 1. The van der Waals surface area contributed by atoms with Crippen LogP contribution in [0.3, 0.4) is 0 Å². The molecule has 1 aliphatic heterocycles. The van der Waals surface area contributed by atoms with Gasteiger partial charge in [-0.1, -0.05) is 0 Å². The molecule has 0 spiro atoms. The minimum Gasteiger partial charge on any atom is -0.497 e. The highest BCUT2D eigenvalue weighted by atomic mass is 16.5. The second-order valence-corrected chi connectivity index (χ2v) is 5.41. The molecule has 0 aliphatic carbocycles. The number of aromatic nitrogens is 2. The van der Waals surface area contributed by atoms with Crippen molar-refractivity contribution in [1.29, 1.82) is 0 Å². The van der Waals surface area contributed by atoms with Crippen LogP contribution in [0.2, 0.25) is 0 Å². The van der Waals surface area contributed by atoms with E-state index in [4.69, 9.17) is 9.72 Å². The molecule has 0 atom stereocenters. The molecule has 1 aliphatic rings. The summed E-state index contributed by atoms with van der Waals surface area (Å²) in [5, 5.41) is 3.37. The number of ether oxygens (including phenoxy) is 1. The minimum absolute atomic E-state index is 0.868. The van der Waals surface area contributed by atoms with Crippen molar-refractivity contribution in [3.8, 4) is 17.0 Å². The van der Waals surface area contributed by atoms with Crippen LogP contribution < -0.4 is 10.1 Å². The van der Waals surface area contributed by atoms with E-state index in [9.17, 15) is 0 Å². The molecule has 0 radical (unpaired) electrons. The van der Waals surface area contributed by atoms with Gasteiger partial charge in [0.1, 0.15) is 11.6 Å². The lowest BCUT2D eigenvalue weighted by Gasteiger charge is -2.26. The highest BCUT2D eigenvalue weighted by Gasteiger charge is 2.14. The van der Waals surface area contributed by atoms with Crippen LogP contribution in [0.1, 0.15) is 11.5 Å². The molecule has 2 N–H and O–H groups in total. The molecule has 1 saturated heterocycles. The van der Waals surface area contributed by atoms with Gasteiger partial charge in [0.25, 0.3) is 0 Å². The van der Waals surface area contributed by atoms with Gasteiger partial charge in [0, 0.05) is 37.4 Å². The van der Waals surface area contributed by atoms with E-state index in [1.54, 1.807) is 7.11 Å². The normalized spacial score (nSPS) is 16.1. The van der Waals surface area contributed by atoms with E-state index in [0.717, 1.165) is 61.2 Å². The number of aryl methyl sites for hydroxylation is 1. The van der Waals surface area contributed by atoms with Gasteiger partial charge < -0.3 is 15.0 Å². The van der Waals surface area contributed by atoms with Gasteiger partial charge in [-0.25, -0.2) is 4.98 Å². The number of aromatic amines is 1. The van der Waals surface area contributed by atoms with Gasteiger partial charge in [-0.3, -0.25) is 4.90 Å². The number of imidazole rings is 1. The predicted molar refractivity (Wildman–Crippen MR) is 83.5 cm³/mol. The maximum atomic E-state index is 5.20. The van der Waals surface area contributed by atoms with Gasteiger partial charge in [-0.2, -0.15) is 0 Å². The van der Waals surface area contributed by atoms with Crippen molar-refractivity contribution in [2.45, 2.75) is 13.5 Å². The lowest BCUT2D eigenvalue weighted by molar-refractivity contribution is 0.228. The second kappa shape index (κ2) is 6.28. The van der Waals surface area contributed by atoms with Crippen molar-refractivity contribution in [2.24, 2.45) is 0 Å². The van der Waals surface area contributed by atoms with Crippen molar-refractivity contribution in [1.82, 2.24) is 20.2 Å². The Hall–Kier alpha value is -1.85. The summed E-state index contributed by atoms with van der Waals surface area (Å²) < 4.78 is 5.20. The number of methoxy groups -OCH3 is 1. The Morgan fingerprint density at radius 2 is 1.90 bits per heavy atom. The van der Waals surface area contributed by atoms with Crippen LogP contribution in [-0.4, -0.2) is 48.2 Å². The van der Waals surface area contributed by atoms with E-state index in [-0.39, 0.29) is 0 Å². The van der Waals surface area contributed by atoms with Crippen molar-refractivity contribution in [2.75, 3.05) is 33.3 Å². The molecule has 112 valence electrons. The van der Waals surface area contributed by atoms with Gasteiger partial charge in [-0.05, 0) is 31.2 Å². The third-order valence-electron chi connectivity index (χ3n) is 3.88. The van der Waals surface area contributed by atoms with E-state index in [1.165, 1.54) is 0 Å². The number of hydrogen-bond donors (Lipinski definition) is 2. The smallest absolute Gasteiger partial charge is 0.121 e. The lowest BCUT2D eigenvalue weighted by Crippen LogP contribution is -2.43. The van der Waals surface area contributed by atoms with E-state index in [2.05, 4.69) is 34.3 Å². The molecular weight excluding hydrogens is 264 g/mol. The van der Waals surface area contributed by atoms with Crippen molar-refractivity contribution >= 4 is 0 Å². The first-order valence-corrected chi connectivity index (χ1v) is 7.39. The molecule has 5 heteroatoms. The standard InChI is InChI=1S/C16H22N4O/c1-12-16(13-3-5-14(21-2)6-4-13)19-15(18-12)11-20-9-7-17-8-10-20/h3-6,17H,7-11H2,1-2H3,(H,18,19). The maximum absolute atomic E-state index is 5.20. The molecule has 21 heavy (non-hydrogen) atoms. The number of nitrogens with zero attached hydrogens (tertiary/aromatic N) is 2. The SMILES string of the molecule is COc1ccc(-c2nc(CN3CCNCC3)[nH]c2C)cc1. The monoisotopic (exact) mass is 286 g/mol. The van der Waals surface area contributed by atoms with Crippen molar-refractivity contribution in [3.05, 3.63) is 35.8 Å². The zero-order valence-corrected chi connectivity index (χ0v) is 12.6. The van der Waals surface area contributed by atoms with Gasteiger partial charge >= 0.3 is 0 Å². The fraction of sp³-hybridized carbons (Fsp3) is 0.438. The first kappa shape index (κ1) is 14.1. The maximum Gasteiger partial charge on any atom is 0.121 e. The summed E-state index contributed by atoms with van der Waals surface area (Å²) in [5.74, 6) is 1.91. The number of hydrogen-bond acceptors (Lipinski definition) is 4. The van der Waals surface area contributed by atoms with Crippen LogP contribution in [-0.2, 0) is 6.54 Å². The van der Waals surface area contributed by atoms with Crippen LogP contribution in [0.4, 0.5) is 0 Å². The number of rotatable bonds is 4. The van der Waals surface area contributed by atoms with E-state index in [1.807, 2.05) is 12.1 Å². The molecule has 2 aromatic rings. The molecule has 5 nitrogen and oxygen atoms in total. The Labute approximate surface area is 125 Å². The predicted octanol–water partition coefficient (Wildman–Crippen LogP) is 1.80. The van der Waals surface area contributed by atoms with E-state index in [0.29, 0.717) is 0 Å². The van der Waals surface area contributed by atoms with Crippen LogP contribution in [0.15, 0.2) is 24.3 Å². The minimum atomic E-state index is 0.868. The van der Waals surface area contributed by atoms with Gasteiger partial charge in [-0.15, -0.1) is 0 Å². The molecule has 2 heterocycles. The fourth-order valence-corrected chi connectivity index (χ4v) is 2.71. The summed E-state index contributed by atoms with van der Waals surface area (Å²) in [6.07, 6.45) is 0. The largest absolute Gasteiger partial charge is 0.497 e. The summed E-state index contributed by atoms with van der Waals surface area (Å²) in [6.45, 7) is 7.25. The van der Waals surface area contributed by atoms with Crippen LogP contribution in [0.5, 0.6) is 5.75 Å². The number of benzene rings is 1. The molecule has 0 bridgehead atoms. The average molecular weight is 286 g/mol. The first-order chi connectivity index (χ1) is 10.3. The number of nitrogens with one attached hydrogen (secondary N) is 2. The van der Waals surface area contributed by atoms with Crippen LogP contribution >= 0.6 is 0 Å². The quantitative estimate of drug-likeness (QED) is 0.900.